The number of halogens is 3. The van der Waals surface area contributed by atoms with Crippen LogP contribution in [0.2, 0.25) is 14.8 Å². The van der Waals surface area contributed by atoms with Crippen LogP contribution in [0.4, 0.5) is 19.6 Å². The van der Waals surface area contributed by atoms with Gasteiger partial charge in [-0.1, -0.05) is 75.4 Å². The molecule has 0 atom stereocenters. The Labute approximate surface area is 333 Å². The Balaban J connectivity index is 0.000000413. The van der Waals surface area contributed by atoms with Crippen molar-refractivity contribution in [2.24, 2.45) is 0 Å². The number of carbonyl (C=O) groups is 2. The monoisotopic (exact) mass is 818 g/mol. The molecule has 0 radical (unpaired) electrons. The Morgan fingerprint density at radius 1 is 0.811 bits per heavy atom. The Hall–Kier alpha value is -4.37. The molecule has 2 N–H and O–H groups in total. The van der Waals surface area contributed by atoms with Crippen LogP contribution >= 0.6 is 57.5 Å². The molecule has 0 aliphatic carbocycles. The maximum absolute atomic E-state index is 12.4. The average Bonchev–Trinajstić information content (AvgIpc) is 3.62. The fourth-order valence-electron chi connectivity index (χ4n) is 3.29. The van der Waals surface area contributed by atoms with E-state index in [4.69, 9.17) is 67.2 Å². The third kappa shape index (κ3) is 17.3. The molecule has 0 aliphatic heterocycles. The van der Waals surface area contributed by atoms with Gasteiger partial charge in [-0.25, -0.2) is 19.6 Å². The maximum Gasteiger partial charge on any atom is 0.490 e. The topological polar surface area (TPSA) is 151 Å². The molecule has 18 heteroatoms. The molecule has 280 valence electrons. The molecule has 12 nitrogen and oxygen atoms in total. The number of thiazole rings is 2. The van der Waals surface area contributed by atoms with E-state index in [2.05, 4.69) is 44.1 Å². The van der Waals surface area contributed by atoms with E-state index in [1.807, 2.05) is 6.07 Å². The number of pyridine rings is 2. The van der Waals surface area contributed by atoms with Crippen LogP contribution in [0, 0.1) is 37.0 Å². The minimum absolute atomic E-state index is 0.0349. The van der Waals surface area contributed by atoms with Gasteiger partial charge >= 0.3 is 19.3 Å². The Morgan fingerprint density at radius 2 is 1.26 bits per heavy atom. The van der Waals surface area contributed by atoms with Crippen molar-refractivity contribution in [2.45, 2.75) is 59.7 Å². The molecule has 4 rings (SSSR count). The Morgan fingerprint density at radius 3 is 1.60 bits per heavy atom. The van der Waals surface area contributed by atoms with Crippen molar-refractivity contribution >= 4 is 92.2 Å². The summed E-state index contributed by atoms with van der Waals surface area (Å²) in [6, 6.07) is 6.91. The van der Waals surface area contributed by atoms with Gasteiger partial charge in [0, 0.05) is 35.8 Å². The van der Waals surface area contributed by atoms with Crippen molar-refractivity contribution in [3.63, 3.8) is 0 Å². The van der Waals surface area contributed by atoms with Gasteiger partial charge in [0.2, 0.25) is 0 Å². The number of ether oxygens (including phenoxy) is 2. The first-order chi connectivity index (χ1) is 24.8. The summed E-state index contributed by atoms with van der Waals surface area (Å²) < 4.78 is 10.9. The van der Waals surface area contributed by atoms with Crippen LogP contribution in [0.3, 0.4) is 0 Å². The minimum atomic E-state index is -1.40. The van der Waals surface area contributed by atoms with E-state index in [0.717, 1.165) is 16.9 Å². The second-order valence-corrected chi connectivity index (χ2v) is 15.2. The summed E-state index contributed by atoms with van der Waals surface area (Å²) >= 11 is 20.2. The Kier molecular flexibility index (Phi) is 19.9. The van der Waals surface area contributed by atoms with Gasteiger partial charge in [0.1, 0.15) is 26.2 Å². The van der Waals surface area contributed by atoms with Crippen LogP contribution in [0.15, 0.2) is 49.1 Å². The zero-order valence-electron chi connectivity index (χ0n) is 30.0. The van der Waals surface area contributed by atoms with E-state index in [1.54, 1.807) is 85.3 Å². The molecular formula is C35H38BCl3N6O6S2. The summed E-state index contributed by atoms with van der Waals surface area (Å²) in [6.45, 7) is 12.4. The maximum atomic E-state index is 12.4. The van der Waals surface area contributed by atoms with Crippen molar-refractivity contribution in [1.82, 2.24) is 19.9 Å². The molecule has 2 amide bonds. The molecule has 0 saturated heterocycles. The molecule has 0 aliphatic rings. The van der Waals surface area contributed by atoms with Gasteiger partial charge in [0.05, 0.1) is 13.1 Å². The van der Waals surface area contributed by atoms with E-state index in [9.17, 15) is 9.59 Å². The summed E-state index contributed by atoms with van der Waals surface area (Å²) in [4.78, 5) is 42.8. The highest BCUT2D eigenvalue weighted by Crippen LogP contribution is 2.38. The summed E-state index contributed by atoms with van der Waals surface area (Å²) in [6.07, 6.45) is 20.4. The van der Waals surface area contributed by atoms with Crippen molar-refractivity contribution in [1.29, 1.82) is 0 Å². The SMILES string of the molecule is C#CC.C#CCN(C(=O)OC(C)(C)C)c1sc(-c2cccnc2)nc1Cl.C#CCN(C(=O)OC(C)(C)C)c1sc(Cl)nc1Cl.OB(O)c1cccnc1. The highest BCUT2D eigenvalue weighted by Gasteiger charge is 2.28. The molecule has 0 aromatic carbocycles. The normalized spacial score (nSPS) is 10.1. The largest absolute Gasteiger partial charge is 0.490 e. The van der Waals surface area contributed by atoms with Crippen molar-refractivity contribution in [3.05, 3.63) is 63.8 Å². The second-order valence-electron chi connectivity index (χ2n) is 11.9. The van der Waals surface area contributed by atoms with Crippen molar-refractivity contribution < 1.29 is 29.1 Å². The van der Waals surface area contributed by atoms with Crippen LogP contribution in [0.25, 0.3) is 10.6 Å². The molecule has 0 saturated carbocycles. The third-order valence-electron chi connectivity index (χ3n) is 5.22. The Bertz CT molecular complexity index is 1880. The number of nitrogens with zero attached hydrogens (tertiary/aromatic N) is 6. The molecule has 0 fully saturated rings. The lowest BCUT2D eigenvalue weighted by Crippen LogP contribution is -2.36. The summed E-state index contributed by atoms with van der Waals surface area (Å²) in [5, 5.41) is 18.9. The van der Waals surface area contributed by atoms with Gasteiger partial charge in [-0.15, -0.1) is 25.2 Å². The van der Waals surface area contributed by atoms with Gasteiger partial charge in [-0.3, -0.25) is 19.8 Å². The molecule has 0 spiro atoms. The molecule has 4 aromatic rings. The number of rotatable bonds is 6. The van der Waals surface area contributed by atoms with Gasteiger partial charge < -0.3 is 19.5 Å². The lowest BCUT2D eigenvalue weighted by molar-refractivity contribution is 0.0575. The summed E-state index contributed by atoms with van der Waals surface area (Å²) in [7, 11) is -1.40. The molecule has 53 heavy (non-hydrogen) atoms. The quantitative estimate of drug-likeness (QED) is 0.148. The highest BCUT2D eigenvalue weighted by atomic mass is 35.5. The molecule has 0 bridgehead atoms. The predicted molar refractivity (Wildman–Crippen MR) is 216 cm³/mol. The van der Waals surface area contributed by atoms with E-state index >= 15 is 0 Å². The smallest absolute Gasteiger partial charge is 0.443 e. The predicted octanol–water partition coefficient (Wildman–Crippen LogP) is 7.46. The highest BCUT2D eigenvalue weighted by molar-refractivity contribution is 7.20. The number of anilines is 2. The zero-order chi connectivity index (χ0) is 40.4. The van der Waals surface area contributed by atoms with E-state index < -0.39 is 30.5 Å². The van der Waals surface area contributed by atoms with Crippen molar-refractivity contribution in [3.8, 4) is 47.6 Å². The number of hydrogen-bond acceptors (Lipinski definition) is 12. The average molecular weight is 820 g/mol. The number of carbonyl (C=O) groups excluding carboxylic acids is 2. The fraction of sp³-hybridized carbons (Fsp3) is 0.314. The number of amides is 2. The summed E-state index contributed by atoms with van der Waals surface area (Å²) in [5.74, 6) is 7.06. The van der Waals surface area contributed by atoms with Crippen molar-refractivity contribution in [2.75, 3.05) is 22.9 Å². The lowest BCUT2D eigenvalue weighted by Gasteiger charge is -2.25. The zero-order valence-corrected chi connectivity index (χ0v) is 33.9. The number of terminal acetylenes is 3. The lowest BCUT2D eigenvalue weighted by atomic mass is 9.82. The van der Waals surface area contributed by atoms with Crippen LogP contribution in [0.1, 0.15) is 48.5 Å². The van der Waals surface area contributed by atoms with Crippen LogP contribution < -0.4 is 15.3 Å². The van der Waals surface area contributed by atoms with E-state index in [0.29, 0.717) is 20.5 Å². The third-order valence-corrected chi connectivity index (χ3v) is 8.28. The number of aromatic nitrogens is 4. The second kappa shape index (κ2) is 22.6. The van der Waals surface area contributed by atoms with Crippen LogP contribution in [0.5, 0.6) is 0 Å². The van der Waals surface area contributed by atoms with Gasteiger partial charge in [0.15, 0.2) is 14.8 Å². The van der Waals surface area contributed by atoms with E-state index in [-0.39, 0.29) is 27.9 Å². The van der Waals surface area contributed by atoms with E-state index in [1.165, 1.54) is 27.3 Å². The first-order valence-electron chi connectivity index (χ1n) is 15.2. The summed E-state index contributed by atoms with van der Waals surface area (Å²) in [5.41, 5.74) is -0.0222. The molecular weight excluding hydrogens is 782 g/mol. The van der Waals surface area contributed by atoms with Gasteiger partial charge in [-0.05, 0) is 66.7 Å². The van der Waals surface area contributed by atoms with Crippen LogP contribution in [-0.4, -0.2) is 73.6 Å². The van der Waals surface area contributed by atoms with Gasteiger partial charge in [-0.2, -0.15) is 0 Å². The molecule has 0 unspecified atom stereocenters. The molecule has 4 aromatic heterocycles. The molecule has 4 heterocycles. The van der Waals surface area contributed by atoms with Gasteiger partial charge in [0.25, 0.3) is 0 Å². The first-order valence-corrected chi connectivity index (χ1v) is 17.9. The first kappa shape index (κ1) is 46.7. The minimum Gasteiger partial charge on any atom is -0.443 e. The fourth-order valence-corrected chi connectivity index (χ4v) is 5.96. The number of hydrogen-bond donors (Lipinski definition) is 2. The van der Waals surface area contributed by atoms with Crippen LogP contribution in [-0.2, 0) is 9.47 Å². The standard InChI is InChI=1S/C16H16ClN3O2S.C11H12Cl2N2O2S.C5H6BNO2.C3H4/c1-5-9-20(15(21)22-16(2,3)4)14-12(17)19-13(23-14)11-7-6-8-18-10-11;1-5-6-15(10(16)17-11(2,3)4)8-7(12)14-9(13)18-8;8-6(9)5-2-1-3-7-4-5;1-3-2/h1,6-8,10H,9H2,2-4H3;1H,6H2,2-4H3;1-4,8-9H;1H,2H3.